The van der Waals surface area contributed by atoms with E-state index in [0.717, 1.165) is 0 Å². The first-order valence-corrected chi connectivity index (χ1v) is 4.44. The second-order valence-electron chi connectivity index (χ2n) is 3.32. The van der Waals surface area contributed by atoms with Gasteiger partial charge in [-0.15, -0.1) is 0 Å². The predicted octanol–water partition coefficient (Wildman–Crippen LogP) is 0.872. The summed E-state index contributed by atoms with van der Waals surface area (Å²) in [5, 5.41) is 8.68. The van der Waals surface area contributed by atoms with Crippen LogP contribution in [0.4, 0.5) is 0 Å². The molecule has 0 rings (SSSR count). The second-order valence-corrected chi connectivity index (χ2v) is 3.32. The van der Waals surface area contributed by atoms with Crippen LogP contribution in [0, 0.1) is 5.92 Å². The molecule has 0 saturated heterocycles. The number of amides is 1. The lowest BCUT2D eigenvalue weighted by Crippen LogP contribution is -2.42. The summed E-state index contributed by atoms with van der Waals surface area (Å²) < 4.78 is 0. The normalized spacial score (nSPS) is 13.2. The Balaban J connectivity index is 4.23. The van der Waals surface area contributed by atoms with Gasteiger partial charge in [0.1, 0.15) is 6.61 Å². The van der Waals surface area contributed by atoms with E-state index in [1.807, 2.05) is 13.8 Å². The maximum atomic E-state index is 11.2. The van der Waals surface area contributed by atoms with Crippen LogP contribution < -0.4 is 0 Å². The molecule has 0 aliphatic heterocycles. The zero-order chi connectivity index (χ0) is 9.72. The van der Waals surface area contributed by atoms with Crippen molar-refractivity contribution in [2.75, 3.05) is 13.2 Å². The van der Waals surface area contributed by atoms with Crippen LogP contribution in [0.3, 0.4) is 0 Å². The molecule has 12 heavy (non-hydrogen) atoms. The van der Waals surface area contributed by atoms with Crippen LogP contribution in [0.5, 0.6) is 0 Å². The molecule has 3 nitrogen and oxygen atoms in total. The van der Waals surface area contributed by atoms with Gasteiger partial charge in [0.05, 0.1) is 0 Å². The number of hydrogen-bond acceptors (Lipinski definition) is 2. The minimum absolute atomic E-state index is 0.182. The van der Waals surface area contributed by atoms with Gasteiger partial charge in [-0.25, -0.2) is 0 Å². The molecule has 0 fully saturated rings. The molecule has 0 radical (unpaired) electrons. The molecule has 0 aromatic heterocycles. The van der Waals surface area contributed by atoms with Crippen molar-refractivity contribution in [3.05, 3.63) is 0 Å². The van der Waals surface area contributed by atoms with Crippen LogP contribution in [0.25, 0.3) is 0 Å². The van der Waals surface area contributed by atoms with Crippen molar-refractivity contribution in [1.29, 1.82) is 0 Å². The molecule has 1 atom stereocenters. The summed E-state index contributed by atoms with van der Waals surface area (Å²) in [6, 6.07) is 0.203. The lowest BCUT2D eigenvalue weighted by Gasteiger charge is -2.30. The first kappa shape index (κ1) is 11.4. The average Bonchev–Trinajstić information content (AvgIpc) is 2.05. The monoisotopic (exact) mass is 173 g/mol. The first-order chi connectivity index (χ1) is 5.54. The van der Waals surface area contributed by atoms with E-state index in [9.17, 15) is 4.79 Å². The van der Waals surface area contributed by atoms with Gasteiger partial charge in [-0.3, -0.25) is 4.79 Å². The van der Waals surface area contributed by atoms with Gasteiger partial charge in [-0.05, 0) is 19.8 Å². The van der Waals surface area contributed by atoms with E-state index in [0.29, 0.717) is 12.5 Å². The molecule has 0 aliphatic carbocycles. The van der Waals surface area contributed by atoms with Gasteiger partial charge in [-0.2, -0.15) is 0 Å². The average molecular weight is 173 g/mol. The van der Waals surface area contributed by atoms with Gasteiger partial charge in [-0.1, -0.05) is 13.8 Å². The molecule has 3 heteroatoms. The van der Waals surface area contributed by atoms with Gasteiger partial charge >= 0.3 is 0 Å². The highest BCUT2D eigenvalue weighted by molar-refractivity contribution is 5.77. The number of likely N-dealkylation sites (N-methyl/N-ethyl adjacent to an activating group) is 1. The molecule has 0 aliphatic rings. The van der Waals surface area contributed by atoms with E-state index in [-0.39, 0.29) is 18.6 Å². The fraction of sp³-hybridized carbons (Fsp3) is 0.889. The van der Waals surface area contributed by atoms with Crippen LogP contribution in [0.1, 0.15) is 27.7 Å². The number of rotatable bonds is 4. The van der Waals surface area contributed by atoms with Gasteiger partial charge in [0.25, 0.3) is 0 Å². The van der Waals surface area contributed by atoms with Crippen molar-refractivity contribution in [1.82, 2.24) is 4.90 Å². The number of nitrogens with zero attached hydrogens (tertiary/aromatic N) is 1. The minimum atomic E-state index is -0.384. The summed E-state index contributed by atoms with van der Waals surface area (Å²) >= 11 is 0. The van der Waals surface area contributed by atoms with Gasteiger partial charge in [0, 0.05) is 12.6 Å². The van der Waals surface area contributed by atoms with E-state index in [4.69, 9.17) is 5.11 Å². The number of hydrogen-bond donors (Lipinski definition) is 1. The SMILES string of the molecule is CCN(C(=O)CO)[C@H](C)C(C)C. The maximum absolute atomic E-state index is 11.2. The Hall–Kier alpha value is -0.570. The van der Waals surface area contributed by atoms with Crippen molar-refractivity contribution in [3.63, 3.8) is 0 Å². The summed E-state index contributed by atoms with van der Waals surface area (Å²) in [6.45, 7) is 8.34. The van der Waals surface area contributed by atoms with Crippen molar-refractivity contribution in [3.8, 4) is 0 Å². The number of aliphatic hydroxyl groups is 1. The summed E-state index contributed by atoms with van der Waals surface area (Å²) in [4.78, 5) is 12.9. The fourth-order valence-electron chi connectivity index (χ4n) is 1.14. The molecule has 0 bridgehead atoms. The number of carbonyl (C=O) groups excluding carboxylic acids is 1. The van der Waals surface area contributed by atoms with Crippen LogP contribution in [-0.4, -0.2) is 35.1 Å². The van der Waals surface area contributed by atoms with E-state index in [1.165, 1.54) is 0 Å². The summed E-state index contributed by atoms with van der Waals surface area (Å²) in [5.41, 5.74) is 0. The first-order valence-electron chi connectivity index (χ1n) is 4.44. The molecule has 0 aromatic rings. The standard InChI is InChI=1S/C9H19NO2/c1-5-10(9(12)6-11)8(4)7(2)3/h7-8,11H,5-6H2,1-4H3/t8-/m1/s1. The van der Waals surface area contributed by atoms with Crippen molar-refractivity contribution >= 4 is 5.91 Å². The third kappa shape index (κ3) is 2.81. The van der Waals surface area contributed by atoms with Crippen molar-refractivity contribution < 1.29 is 9.90 Å². The quantitative estimate of drug-likeness (QED) is 0.685. The smallest absolute Gasteiger partial charge is 0.248 e. The number of carbonyl (C=O) groups is 1. The van der Waals surface area contributed by atoms with Crippen LogP contribution in [-0.2, 0) is 4.79 Å². The van der Waals surface area contributed by atoms with Gasteiger partial charge in [0.15, 0.2) is 0 Å². The third-order valence-corrected chi connectivity index (χ3v) is 2.25. The molecule has 0 unspecified atom stereocenters. The third-order valence-electron chi connectivity index (χ3n) is 2.25. The molecular formula is C9H19NO2. The van der Waals surface area contributed by atoms with Crippen molar-refractivity contribution in [2.24, 2.45) is 5.92 Å². The zero-order valence-electron chi connectivity index (χ0n) is 8.37. The Labute approximate surface area is 74.4 Å². The largest absolute Gasteiger partial charge is 0.387 e. The van der Waals surface area contributed by atoms with Crippen LogP contribution >= 0.6 is 0 Å². The highest BCUT2D eigenvalue weighted by Gasteiger charge is 2.19. The Kier molecular flexibility index (Phi) is 4.90. The van der Waals surface area contributed by atoms with E-state index in [1.54, 1.807) is 4.90 Å². The Morgan fingerprint density at radius 1 is 1.42 bits per heavy atom. The highest BCUT2D eigenvalue weighted by Crippen LogP contribution is 2.09. The van der Waals surface area contributed by atoms with E-state index >= 15 is 0 Å². The summed E-state index contributed by atoms with van der Waals surface area (Å²) in [6.07, 6.45) is 0. The summed E-state index contributed by atoms with van der Waals surface area (Å²) in [7, 11) is 0. The van der Waals surface area contributed by atoms with E-state index in [2.05, 4.69) is 13.8 Å². The van der Waals surface area contributed by atoms with Gasteiger partial charge < -0.3 is 10.0 Å². The van der Waals surface area contributed by atoms with Crippen LogP contribution in [0.15, 0.2) is 0 Å². The maximum Gasteiger partial charge on any atom is 0.248 e. The molecule has 0 saturated carbocycles. The zero-order valence-corrected chi connectivity index (χ0v) is 8.37. The molecular weight excluding hydrogens is 154 g/mol. The summed E-state index contributed by atoms with van der Waals surface area (Å²) in [5.74, 6) is 0.249. The molecule has 0 spiro atoms. The topological polar surface area (TPSA) is 40.5 Å². The number of aliphatic hydroxyl groups excluding tert-OH is 1. The highest BCUT2D eigenvalue weighted by atomic mass is 16.3. The fourth-order valence-corrected chi connectivity index (χ4v) is 1.14. The Morgan fingerprint density at radius 2 is 1.92 bits per heavy atom. The molecule has 0 heterocycles. The minimum Gasteiger partial charge on any atom is -0.387 e. The molecule has 1 N–H and O–H groups in total. The van der Waals surface area contributed by atoms with E-state index < -0.39 is 0 Å². The molecule has 72 valence electrons. The Bertz CT molecular complexity index is 145. The second kappa shape index (κ2) is 5.14. The lowest BCUT2D eigenvalue weighted by molar-refractivity contribution is -0.136. The lowest BCUT2D eigenvalue weighted by atomic mass is 10.0. The molecule has 0 aromatic carbocycles. The van der Waals surface area contributed by atoms with Crippen molar-refractivity contribution in [2.45, 2.75) is 33.7 Å². The van der Waals surface area contributed by atoms with Crippen LogP contribution in [0.2, 0.25) is 0 Å². The predicted molar refractivity (Wildman–Crippen MR) is 48.8 cm³/mol. The van der Waals surface area contributed by atoms with Gasteiger partial charge in [0.2, 0.25) is 5.91 Å². The molecule has 1 amide bonds. The Morgan fingerprint density at radius 3 is 2.17 bits per heavy atom.